The first-order valence-electron chi connectivity index (χ1n) is 2.50. The fraction of sp³-hybridized carbons (Fsp3) is 0.800. The van der Waals surface area contributed by atoms with Crippen molar-refractivity contribution in [2.24, 2.45) is 0 Å². The summed E-state index contributed by atoms with van der Waals surface area (Å²) in [5.41, 5.74) is 0. The second kappa shape index (κ2) is 1.96. The second-order valence-electron chi connectivity index (χ2n) is 1.91. The molecule has 1 N–H and O–H groups in total. The number of nitriles is 1. The van der Waals surface area contributed by atoms with Crippen molar-refractivity contribution < 1.29 is 0 Å². The maximum Gasteiger partial charge on any atom is 0.127 e. The van der Waals surface area contributed by atoms with Gasteiger partial charge in [-0.1, -0.05) is 0 Å². The highest BCUT2D eigenvalue weighted by atomic mass is 32.2. The van der Waals surface area contributed by atoms with Crippen LogP contribution in [0.2, 0.25) is 0 Å². The van der Waals surface area contributed by atoms with E-state index in [1.54, 1.807) is 11.8 Å². The number of rotatable bonds is 1. The molecule has 0 aliphatic carbocycles. The molecule has 0 aromatic rings. The standard InChI is InChI=1S/C5H8N2S/c1-8-5(2-6)3-7-4-5/h7H,3-4H2,1H3. The zero-order valence-corrected chi connectivity index (χ0v) is 5.59. The van der Waals surface area contributed by atoms with E-state index in [9.17, 15) is 0 Å². The summed E-state index contributed by atoms with van der Waals surface area (Å²) in [6.07, 6.45) is 1.98. The van der Waals surface area contributed by atoms with Gasteiger partial charge in [0.25, 0.3) is 0 Å². The highest BCUT2D eigenvalue weighted by Gasteiger charge is 2.35. The number of hydrogen-bond donors (Lipinski definition) is 1. The minimum Gasteiger partial charge on any atom is -0.312 e. The Labute approximate surface area is 53.3 Å². The minimum atomic E-state index is -0.0833. The molecule has 0 saturated carbocycles. The normalized spacial score (nSPS) is 23.5. The van der Waals surface area contributed by atoms with Gasteiger partial charge in [-0.05, 0) is 6.26 Å². The van der Waals surface area contributed by atoms with Crippen LogP contribution in [0.25, 0.3) is 0 Å². The molecule has 2 nitrogen and oxygen atoms in total. The molecule has 1 fully saturated rings. The van der Waals surface area contributed by atoms with Gasteiger partial charge < -0.3 is 5.32 Å². The molecule has 1 aliphatic rings. The van der Waals surface area contributed by atoms with Crippen LogP contribution in [0.3, 0.4) is 0 Å². The number of nitrogens with zero attached hydrogens (tertiary/aromatic N) is 1. The average molecular weight is 128 g/mol. The number of nitrogens with one attached hydrogen (secondary N) is 1. The third-order valence-corrected chi connectivity index (χ3v) is 2.58. The smallest absolute Gasteiger partial charge is 0.127 e. The van der Waals surface area contributed by atoms with Crippen LogP contribution in [0.5, 0.6) is 0 Å². The van der Waals surface area contributed by atoms with E-state index >= 15 is 0 Å². The molecule has 1 heterocycles. The Hall–Kier alpha value is -0.200. The minimum absolute atomic E-state index is 0.0833. The first-order valence-corrected chi connectivity index (χ1v) is 3.72. The van der Waals surface area contributed by atoms with E-state index in [4.69, 9.17) is 5.26 Å². The molecule has 8 heavy (non-hydrogen) atoms. The van der Waals surface area contributed by atoms with Crippen molar-refractivity contribution in [1.29, 1.82) is 5.26 Å². The van der Waals surface area contributed by atoms with Gasteiger partial charge >= 0.3 is 0 Å². The molecule has 0 bridgehead atoms. The van der Waals surface area contributed by atoms with Gasteiger partial charge in [-0.2, -0.15) is 5.26 Å². The van der Waals surface area contributed by atoms with Crippen LogP contribution in [0.4, 0.5) is 0 Å². The molecule has 0 spiro atoms. The van der Waals surface area contributed by atoms with Crippen LogP contribution < -0.4 is 5.32 Å². The van der Waals surface area contributed by atoms with Crippen molar-refractivity contribution in [1.82, 2.24) is 5.32 Å². The van der Waals surface area contributed by atoms with E-state index in [1.165, 1.54) is 0 Å². The summed E-state index contributed by atoms with van der Waals surface area (Å²) >= 11 is 1.64. The molecule has 0 aromatic carbocycles. The summed E-state index contributed by atoms with van der Waals surface area (Å²) in [6.45, 7) is 1.70. The van der Waals surface area contributed by atoms with E-state index in [1.807, 2.05) is 6.26 Å². The van der Waals surface area contributed by atoms with Crippen molar-refractivity contribution in [3.8, 4) is 6.07 Å². The monoisotopic (exact) mass is 128 g/mol. The molecule has 0 unspecified atom stereocenters. The fourth-order valence-corrected chi connectivity index (χ4v) is 1.21. The van der Waals surface area contributed by atoms with Crippen LogP contribution in [0, 0.1) is 11.3 Å². The predicted octanol–water partition coefficient (Wildman–Crippen LogP) is 0.215. The van der Waals surface area contributed by atoms with E-state index in [2.05, 4.69) is 11.4 Å². The van der Waals surface area contributed by atoms with Crippen molar-refractivity contribution in [3.63, 3.8) is 0 Å². The van der Waals surface area contributed by atoms with Crippen LogP contribution in [0.1, 0.15) is 0 Å². The maximum atomic E-state index is 8.53. The lowest BCUT2D eigenvalue weighted by atomic mass is 10.1. The Morgan fingerprint density at radius 3 is 2.38 bits per heavy atom. The Morgan fingerprint density at radius 2 is 2.38 bits per heavy atom. The Bertz CT molecular complexity index is 117. The van der Waals surface area contributed by atoms with Gasteiger partial charge in [-0.3, -0.25) is 0 Å². The van der Waals surface area contributed by atoms with Crippen molar-refractivity contribution in [2.75, 3.05) is 19.3 Å². The molecule has 44 valence electrons. The van der Waals surface area contributed by atoms with Gasteiger partial charge in [0, 0.05) is 13.1 Å². The van der Waals surface area contributed by atoms with Crippen LogP contribution in [-0.2, 0) is 0 Å². The topological polar surface area (TPSA) is 35.8 Å². The zero-order chi connectivity index (χ0) is 6.04. The van der Waals surface area contributed by atoms with Crippen LogP contribution in [0.15, 0.2) is 0 Å². The predicted molar refractivity (Wildman–Crippen MR) is 34.7 cm³/mol. The SMILES string of the molecule is CSC1(C#N)CNC1. The summed E-state index contributed by atoms with van der Waals surface area (Å²) in [5, 5.41) is 11.6. The third kappa shape index (κ3) is 0.702. The zero-order valence-electron chi connectivity index (χ0n) is 4.77. The van der Waals surface area contributed by atoms with Crippen molar-refractivity contribution >= 4 is 11.8 Å². The van der Waals surface area contributed by atoms with Crippen molar-refractivity contribution in [2.45, 2.75) is 4.75 Å². The summed E-state index contributed by atoms with van der Waals surface area (Å²) in [6, 6.07) is 2.27. The maximum absolute atomic E-state index is 8.53. The molecule has 1 saturated heterocycles. The molecule has 3 heteroatoms. The number of thioether (sulfide) groups is 1. The Morgan fingerprint density at radius 1 is 1.75 bits per heavy atom. The first-order chi connectivity index (χ1) is 3.83. The van der Waals surface area contributed by atoms with E-state index < -0.39 is 0 Å². The summed E-state index contributed by atoms with van der Waals surface area (Å²) in [4.78, 5) is 0. The van der Waals surface area contributed by atoms with E-state index in [-0.39, 0.29) is 4.75 Å². The molecular weight excluding hydrogens is 120 g/mol. The van der Waals surface area contributed by atoms with Gasteiger partial charge in [0.05, 0.1) is 6.07 Å². The third-order valence-electron chi connectivity index (χ3n) is 1.42. The first kappa shape index (κ1) is 5.93. The largest absolute Gasteiger partial charge is 0.312 e. The van der Waals surface area contributed by atoms with Gasteiger partial charge in [0.1, 0.15) is 4.75 Å². The highest BCUT2D eigenvalue weighted by Crippen LogP contribution is 2.25. The molecule has 1 rings (SSSR count). The van der Waals surface area contributed by atoms with Gasteiger partial charge in [0.15, 0.2) is 0 Å². The quantitative estimate of drug-likeness (QED) is 0.548. The Kier molecular flexibility index (Phi) is 1.45. The molecule has 0 amide bonds. The van der Waals surface area contributed by atoms with E-state index in [0.29, 0.717) is 0 Å². The summed E-state index contributed by atoms with van der Waals surface area (Å²) in [5.74, 6) is 0. The molecule has 0 radical (unpaired) electrons. The van der Waals surface area contributed by atoms with Crippen LogP contribution in [-0.4, -0.2) is 24.1 Å². The number of hydrogen-bond acceptors (Lipinski definition) is 3. The van der Waals surface area contributed by atoms with Gasteiger partial charge in [-0.15, -0.1) is 11.8 Å². The lowest BCUT2D eigenvalue weighted by Crippen LogP contribution is -2.55. The van der Waals surface area contributed by atoms with E-state index in [0.717, 1.165) is 13.1 Å². The second-order valence-corrected chi connectivity index (χ2v) is 3.10. The molecule has 0 aromatic heterocycles. The molecule has 0 atom stereocenters. The Balaban J connectivity index is 2.49. The fourth-order valence-electron chi connectivity index (χ4n) is 0.621. The van der Waals surface area contributed by atoms with Crippen LogP contribution >= 0.6 is 11.8 Å². The lowest BCUT2D eigenvalue weighted by molar-refractivity contribution is 0.469. The van der Waals surface area contributed by atoms with Crippen molar-refractivity contribution in [3.05, 3.63) is 0 Å². The molecular formula is C5H8N2S. The summed E-state index contributed by atoms with van der Waals surface area (Å²) in [7, 11) is 0. The highest BCUT2D eigenvalue weighted by molar-refractivity contribution is 8.00. The molecule has 1 aliphatic heterocycles. The van der Waals surface area contributed by atoms with Gasteiger partial charge in [0.2, 0.25) is 0 Å². The lowest BCUT2D eigenvalue weighted by Gasteiger charge is -2.34. The average Bonchev–Trinajstić information content (AvgIpc) is 1.67. The van der Waals surface area contributed by atoms with Gasteiger partial charge in [-0.25, -0.2) is 0 Å². The summed E-state index contributed by atoms with van der Waals surface area (Å²) < 4.78 is -0.0833.